The molecule has 0 spiro atoms. The van der Waals surface area contributed by atoms with Gasteiger partial charge >= 0.3 is 6.09 Å². The lowest BCUT2D eigenvalue weighted by Crippen LogP contribution is -2.55. The minimum Gasteiger partial charge on any atom is -0.493 e. The van der Waals surface area contributed by atoms with Gasteiger partial charge in [-0.1, -0.05) is 18.5 Å². The van der Waals surface area contributed by atoms with Crippen LogP contribution in [0.5, 0.6) is 11.5 Å². The second kappa shape index (κ2) is 14.8. The summed E-state index contributed by atoms with van der Waals surface area (Å²) >= 11 is 0. The Balaban J connectivity index is 0.00000462. The molecule has 0 bridgehead atoms. The SMILES string of the molecule is CCCCNC(=O)OC[N+]1(CCCOc2ccc(C(C)=O)cc2OC)CCC(c2noc3cc(F)ccc23)CC1.[CH3-]. The van der Waals surface area contributed by atoms with Crippen LogP contribution in [-0.2, 0) is 4.74 Å². The highest BCUT2D eigenvalue weighted by Gasteiger charge is 2.37. The van der Waals surface area contributed by atoms with E-state index < -0.39 is 6.09 Å². The minimum atomic E-state index is -0.399. The van der Waals surface area contributed by atoms with Crippen LogP contribution < -0.4 is 14.8 Å². The van der Waals surface area contributed by atoms with Gasteiger partial charge in [0, 0.05) is 48.7 Å². The largest absolute Gasteiger partial charge is 0.493 e. The number of likely N-dealkylation sites (tertiary alicyclic amines) is 1. The summed E-state index contributed by atoms with van der Waals surface area (Å²) in [6.07, 6.45) is 3.90. The van der Waals surface area contributed by atoms with Crippen molar-refractivity contribution >= 4 is 22.8 Å². The first-order chi connectivity index (χ1) is 19.3. The van der Waals surface area contributed by atoms with Gasteiger partial charge in [-0.05, 0) is 43.7 Å². The molecule has 1 aliphatic rings. The number of fused-ring (bicyclic) bond motifs is 1. The van der Waals surface area contributed by atoms with Crippen molar-refractivity contribution in [3.8, 4) is 11.5 Å². The maximum atomic E-state index is 13.6. The van der Waals surface area contributed by atoms with E-state index in [0.29, 0.717) is 40.3 Å². The number of ketones is 1. The fraction of sp³-hybridized carbons (Fsp3) is 0.484. The number of hydrogen-bond donors (Lipinski definition) is 1. The third-order valence-corrected chi connectivity index (χ3v) is 7.63. The number of benzene rings is 2. The molecule has 2 heterocycles. The smallest absolute Gasteiger partial charge is 0.411 e. The average Bonchev–Trinajstić information content (AvgIpc) is 3.37. The monoisotopic (exact) mass is 571 g/mol. The number of rotatable bonds is 13. The van der Waals surface area contributed by atoms with E-state index in [1.807, 2.05) is 0 Å². The zero-order valence-corrected chi connectivity index (χ0v) is 24.5. The standard InChI is InChI=1S/C30H38FN3O6.CH3/c1-4-5-13-32-30(36)39-20-34(14-6-17-38-26-10-7-23(21(2)35)18-28(26)37-3)15-11-22(12-16-34)29-25-9-8-24(31)19-27(25)40-33-29;/h7-10,18-19,22H,4-6,11-17,20H2,1-3H3;1H3/q;-1/p+1. The van der Waals surface area contributed by atoms with Gasteiger partial charge in [0.1, 0.15) is 5.82 Å². The Kier molecular flexibility index (Phi) is 11.5. The normalized spacial score (nSPS) is 18.4. The summed E-state index contributed by atoms with van der Waals surface area (Å²) in [7, 11) is 1.55. The predicted octanol–water partition coefficient (Wildman–Crippen LogP) is 6.28. The summed E-state index contributed by atoms with van der Waals surface area (Å²) in [6.45, 7) is 7.23. The molecule has 0 saturated carbocycles. The zero-order valence-electron chi connectivity index (χ0n) is 24.5. The number of Topliss-reactive ketones (excluding diaryl/α,β-unsaturated/α-hetero) is 1. The van der Waals surface area contributed by atoms with Gasteiger partial charge < -0.3 is 31.5 Å². The number of unbranched alkanes of at least 4 members (excludes halogenated alkanes) is 1. The van der Waals surface area contributed by atoms with E-state index in [1.165, 1.54) is 19.1 Å². The molecule has 1 N–H and O–H groups in total. The van der Waals surface area contributed by atoms with Crippen molar-refractivity contribution in [3.05, 3.63) is 60.9 Å². The molecule has 10 heteroatoms. The summed E-state index contributed by atoms with van der Waals surface area (Å²) in [4.78, 5) is 24.0. The molecule has 0 radical (unpaired) electrons. The molecule has 1 amide bonds. The molecule has 0 aliphatic carbocycles. The first kappa shape index (κ1) is 31.9. The number of aromatic nitrogens is 1. The van der Waals surface area contributed by atoms with E-state index in [9.17, 15) is 14.0 Å². The molecule has 1 aliphatic heterocycles. The van der Waals surface area contributed by atoms with E-state index in [-0.39, 0.29) is 31.7 Å². The fourth-order valence-electron chi connectivity index (χ4n) is 5.23. The number of piperidine rings is 1. The first-order valence-electron chi connectivity index (χ1n) is 14.0. The number of ether oxygens (including phenoxy) is 3. The van der Waals surface area contributed by atoms with E-state index in [2.05, 4.69) is 17.4 Å². The van der Waals surface area contributed by atoms with E-state index in [1.54, 1.807) is 31.4 Å². The number of carbonyl (C=O) groups is 2. The van der Waals surface area contributed by atoms with Gasteiger partial charge in [0.05, 0.1) is 39.0 Å². The van der Waals surface area contributed by atoms with E-state index >= 15 is 0 Å². The molecule has 4 rings (SSSR count). The third-order valence-electron chi connectivity index (χ3n) is 7.63. The Morgan fingerprint density at radius 3 is 2.61 bits per heavy atom. The van der Waals surface area contributed by atoms with Crippen LogP contribution in [0.2, 0.25) is 0 Å². The highest BCUT2D eigenvalue weighted by molar-refractivity contribution is 5.94. The number of quaternary nitrogens is 1. The number of nitrogens with zero attached hydrogens (tertiary/aromatic N) is 2. The molecule has 1 fully saturated rings. The summed E-state index contributed by atoms with van der Waals surface area (Å²) in [5.41, 5.74) is 1.88. The highest BCUT2D eigenvalue weighted by Crippen LogP contribution is 2.35. The molecule has 0 atom stereocenters. The molecular weight excluding hydrogens is 529 g/mol. The Hall–Kier alpha value is -3.66. The van der Waals surface area contributed by atoms with Crippen molar-refractivity contribution < 1.29 is 37.2 Å². The second-order valence-corrected chi connectivity index (χ2v) is 10.5. The van der Waals surface area contributed by atoms with Crippen LogP contribution in [0, 0.1) is 13.2 Å². The van der Waals surface area contributed by atoms with Crippen molar-refractivity contribution in [2.45, 2.75) is 51.9 Å². The van der Waals surface area contributed by atoms with Crippen molar-refractivity contribution in [3.63, 3.8) is 0 Å². The fourth-order valence-corrected chi connectivity index (χ4v) is 5.23. The van der Waals surface area contributed by atoms with Crippen LogP contribution in [0.15, 0.2) is 40.9 Å². The van der Waals surface area contributed by atoms with Crippen LogP contribution in [0.4, 0.5) is 9.18 Å². The number of amides is 1. The molecule has 0 unspecified atom stereocenters. The summed E-state index contributed by atoms with van der Waals surface area (Å²) in [5.74, 6) is 0.891. The molecule has 1 saturated heterocycles. The van der Waals surface area contributed by atoms with Gasteiger partial charge in [0.2, 0.25) is 6.73 Å². The predicted molar refractivity (Wildman–Crippen MR) is 155 cm³/mol. The quantitative estimate of drug-likeness (QED) is 0.112. The van der Waals surface area contributed by atoms with Gasteiger partial charge in [0.15, 0.2) is 22.9 Å². The maximum Gasteiger partial charge on any atom is 0.411 e. The van der Waals surface area contributed by atoms with Gasteiger partial charge in [-0.25, -0.2) is 9.18 Å². The number of hydrogen-bond acceptors (Lipinski definition) is 7. The van der Waals surface area contributed by atoms with Crippen molar-refractivity contribution in [1.82, 2.24) is 10.5 Å². The molecule has 3 aromatic rings. The van der Waals surface area contributed by atoms with Crippen LogP contribution in [0.3, 0.4) is 0 Å². The van der Waals surface area contributed by atoms with Crippen LogP contribution >= 0.6 is 0 Å². The van der Waals surface area contributed by atoms with E-state index in [4.69, 9.17) is 18.7 Å². The second-order valence-electron chi connectivity index (χ2n) is 10.5. The maximum absolute atomic E-state index is 13.6. The Bertz CT molecular complexity index is 1300. The van der Waals surface area contributed by atoms with E-state index in [0.717, 1.165) is 62.8 Å². The average molecular weight is 572 g/mol. The first-order valence-corrected chi connectivity index (χ1v) is 14.0. The number of methoxy groups -OCH3 is 1. The Morgan fingerprint density at radius 2 is 1.90 bits per heavy atom. The molecule has 224 valence electrons. The number of halogens is 1. The van der Waals surface area contributed by atoms with Gasteiger partial charge in [-0.15, -0.1) is 0 Å². The molecule has 2 aromatic carbocycles. The Morgan fingerprint density at radius 1 is 1.12 bits per heavy atom. The van der Waals surface area contributed by atoms with Crippen molar-refractivity contribution in [2.75, 3.05) is 46.6 Å². The third kappa shape index (κ3) is 8.19. The minimum absolute atomic E-state index is 0. The van der Waals surface area contributed by atoms with Crippen molar-refractivity contribution in [2.24, 2.45) is 0 Å². The number of nitrogens with one attached hydrogen (secondary N) is 1. The summed E-state index contributed by atoms with van der Waals surface area (Å²) in [6, 6.07) is 9.69. The van der Waals surface area contributed by atoms with Gasteiger partial charge in [-0.2, -0.15) is 0 Å². The zero-order chi connectivity index (χ0) is 28.5. The molecule has 41 heavy (non-hydrogen) atoms. The van der Waals surface area contributed by atoms with Gasteiger partial charge in [0.25, 0.3) is 0 Å². The molecule has 9 nitrogen and oxygen atoms in total. The summed E-state index contributed by atoms with van der Waals surface area (Å²) in [5, 5.41) is 7.94. The lowest BCUT2D eigenvalue weighted by Gasteiger charge is -2.42. The lowest BCUT2D eigenvalue weighted by atomic mass is 9.90. The lowest BCUT2D eigenvalue weighted by molar-refractivity contribution is -0.948. The Labute approximate surface area is 241 Å². The van der Waals surface area contributed by atoms with Gasteiger partial charge in [-0.3, -0.25) is 9.28 Å². The van der Waals surface area contributed by atoms with Crippen molar-refractivity contribution in [1.29, 1.82) is 0 Å². The van der Waals surface area contributed by atoms with Crippen LogP contribution in [0.1, 0.15) is 67.9 Å². The number of alkyl carbamates (subject to hydrolysis) is 1. The number of carbonyl (C=O) groups excluding carboxylic acids is 2. The van der Waals surface area contributed by atoms with Crippen LogP contribution in [-0.4, -0.2) is 68.1 Å². The molecular formula is C31H42FN3O6. The summed E-state index contributed by atoms with van der Waals surface area (Å²) < 4.78 is 36.7. The molecule has 1 aromatic heterocycles. The topological polar surface area (TPSA) is 99.9 Å². The van der Waals surface area contributed by atoms with Crippen LogP contribution in [0.25, 0.3) is 11.0 Å². The highest BCUT2D eigenvalue weighted by atomic mass is 19.1.